The molecule has 0 N–H and O–H groups in total. The van der Waals surface area contributed by atoms with E-state index in [4.69, 9.17) is 4.74 Å². The molecule has 1 rings (SSSR count). The fourth-order valence-corrected chi connectivity index (χ4v) is 1.72. The number of ether oxygens (including phenoxy) is 1. The first-order valence-corrected chi connectivity index (χ1v) is 6.58. The van der Waals surface area contributed by atoms with Crippen LogP contribution in [0.15, 0.2) is 36.9 Å². The number of hydrogen-bond donors (Lipinski definition) is 0. The molecule has 0 unspecified atom stereocenters. The number of benzene rings is 1. The first-order valence-electron chi connectivity index (χ1n) is 6.58. The van der Waals surface area contributed by atoms with Gasteiger partial charge in [0.25, 0.3) is 0 Å². The van der Waals surface area contributed by atoms with Crippen molar-refractivity contribution < 1.29 is 9.53 Å². The van der Waals surface area contributed by atoms with Gasteiger partial charge in [-0.25, -0.2) is 0 Å². The average molecular weight is 246 g/mol. The lowest BCUT2D eigenvalue weighted by Crippen LogP contribution is -2.09. The van der Waals surface area contributed by atoms with Gasteiger partial charge in [0.15, 0.2) is 5.78 Å². The third kappa shape index (κ3) is 5.28. The predicted octanol–water partition coefficient (Wildman–Crippen LogP) is 3.80. The van der Waals surface area contributed by atoms with Crippen LogP contribution >= 0.6 is 0 Å². The molecule has 0 atom stereocenters. The molecule has 0 aliphatic rings. The molecule has 18 heavy (non-hydrogen) atoms. The fraction of sp³-hybridized carbons (Fsp3) is 0.438. The average Bonchev–Trinajstić information content (AvgIpc) is 2.39. The Bertz CT molecular complexity index is 365. The summed E-state index contributed by atoms with van der Waals surface area (Å²) < 4.78 is 5.33. The number of aryl methyl sites for hydroxylation is 1. The van der Waals surface area contributed by atoms with E-state index in [9.17, 15) is 4.79 Å². The highest BCUT2D eigenvalue weighted by Crippen LogP contribution is 2.07. The van der Waals surface area contributed by atoms with Crippen LogP contribution in [-0.2, 0) is 11.2 Å². The zero-order chi connectivity index (χ0) is 13.2. The van der Waals surface area contributed by atoms with Crippen LogP contribution in [0.2, 0.25) is 0 Å². The second-order valence-electron chi connectivity index (χ2n) is 4.35. The van der Waals surface area contributed by atoms with Gasteiger partial charge in [-0.15, -0.1) is 6.58 Å². The Morgan fingerprint density at radius 2 is 2.06 bits per heavy atom. The summed E-state index contributed by atoms with van der Waals surface area (Å²) >= 11 is 0. The maximum atomic E-state index is 11.8. The molecule has 0 spiro atoms. The minimum Gasteiger partial charge on any atom is -0.373 e. The van der Waals surface area contributed by atoms with Gasteiger partial charge >= 0.3 is 0 Å². The standard InChI is InChI=1S/C16H22O2/c1-3-5-6-12-18-13-16(17)15-10-8-14(7-4-2)9-11-15/h3,8-11H,1,4-7,12-13H2,2H3. The zero-order valence-electron chi connectivity index (χ0n) is 11.2. The SMILES string of the molecule is C=CCCCOCC(=O)c1ccc(CCC)cc1. The minimum atomic E-state index is 0.0525. The molecular formula is C16H22O2. The minimum absolute atomic E-state index is 0.0525. The summed E-state index contributed by atoms with van der Waals surface area (Å²) in [6.07, 6.45) is 5.90. The van der Waals surface area contributed by atoms with E-state index >= 15 is 0 Å². The molecule has 0 bridgehead atoms. The van der Waals surface area contributed by atoms with Gasteiger partial charge in [-0.05, 0) is 24.8 Å². The molecule has 0 saturated heterocycles. The van der Waals surface area contributed by atoms with Crippen molar-refractivity contribution in [1.29, 1.82) is 0 Å². The molecule has 0 fully saturated rings. The molecule has 1 aromatic rings. The van der Waals surface area contributed by atoms with Crippen LogP contribution in [0.1, 0.15) is 42.1 Å². The molecule has 0 saturated carbocycles. The zero-order valence-corrected chi connectivity index (χ0v) is 11.2. The molecule has 0 radical (unpaired) electrons. The highest BCUT2D eigenvalue weighted by atomic mass is 16.5. The summed E-state index contributed by atoms with van der Waals surface area (Å²) in [5, 5.41) is 0. The lowest BCUT2D eigenvalue weighted by atomic mass is 10.1. The lowest BCUT2D eigenvalue weighted by molar-refractivity contribution is 0.0757. The number of allylic oxidation sites excluding steroid dienone is 1. The van der Waals surface area contributed by atoms with Crippen LogP contribution in [0.4, 0.5) is 0 Å². The number of unbranched alkanes of at least 4 members (excludes halogenated alkanes) is 1. The van der Waals surface area contributed by atoms with Crippen LogP contribution in [0.3, 0.4) is 0 Å². The second-order valence-corrected chi connectivity index (χ2v) is 4.35. The van der Waals surface area contributed by atoms with Crippen molar-refractivity contribution in [3.8, 4) is 0 Å². The van der Waals surface area contributed by atoms with Crippen molar-refractivity contribution in [1.82, 2.24) is 0 Å². The van der Waals surface area contributed by atoms with Crippen LogP contribution in [0.5, 0.6) is 0 Å². The summed E-state index contributed by atoms with van der Waals surface area (Å²) in [4.78, 5) is 11.8. The number of rotatable bonds is 9. The number of Topliss-reactive ketones (excluding diaryl/α,β-unsaturated/α-hetero) is 1. The maximum absolute atomic E-state index is 11.8. The normalized spacial score (nSPS) is 10.3. The summed E-state index contributed by atoms with van der Waals surface area (Å²) in [7, 11) is 0. The van der Waals surface area contributed by atoms with Gasteiger partial charge in [0.05, 0.1) is 0 Å². The quantitative estimate of drug-likeness (QED) is 0.376. The summed E-state index contributed by atoms with van der Waals surface area (Å²) in [5.74, 6) is 0.0525. The summed E-state index contributed by atoms with van der Waals surface area (Å²) in [5.41, 5.74) is 2.01. The Morgan fingerprint density at radius 1 is 1.33 bits per heavy atom. The monoisotopic (exact) mass is 246 g/mol. The van der Waals surface area contributed by atoms with Crippen molar-refractivity contribution in [3.05, 3.63) is 48.0 Å². The first kappa shape index (κ1) is 14.7. The van der Waals surface area contributed by atoms with E-state index < -0.39 is 0 Å². The Balaban J connectivity index is 2.34. The summed E-state index contributed by atoms with van der Waals surface area (Å²) in [6, 6.07) is 7.82. The molecule has 0 heterocycles. The molecule has 1 aromatic carbocycles. The van der Waals surface area contributed by atoms with Crippen molar-refractivity contribution in [2.45, 2.75) is 32.6 Å². The molecule has 0 aliphatic carbocycles. The van der Waals surface area contributed by atoms with Crippen molar-refractivity contribution >= 4 is 5.78 Å². The number of ketones is 1. The third-order valence-corrected chi connectivity index (χ3v) is 2.74. The van der Waals surface area contributed by atoms with E-state index in [1.54, 1.807) is 0 Å². The van der Waals surface area contributed by atoms with Crippen molar-refractivity contribution in [3.63, 3.8) is 0 Å². The van der Waals surface area contributed by atoms with Crippen LogP contribution < -0.4 is 0 Å². The fourth-order valence-electron chi connectivity index (χ4n) is 1.72. The van der Waals surface area contributed by atoms with Gasteiger partial charge in [-0.1, -0.05) is 43.7 Å². The van der Waals surface area contributed by atoms with Crippen molar-refractivity contribution in [2.75, 3.05) is 13.2 Å². The topological polar surface area (TPSA) is 26.3 Å². The van der Waals surface area contributed by atoms with Gasteiger partial charge in [0, 0.05) is 12.2 Å². The molecule has 0 aromatic heterocycles. The van der Waals surface area contributed by atoms with E-state index in [-0.39, 0.29) is 12.4 Å². The second kappa shape index (κ2) is 8.65. The van der Waals surface area contributed by atoms with E-state index in [1.165, 1.54) is 5.56 Å². The molecule has 0 amide bonds. The third-order valence-electron chi connectivity index (χ3n) is 2.74. The lowest BCUT2D eigenvalue weighted by Gasteiger charge is -2.04. The molecule has 98 valence electrons. The van der Waals surface area contributed by atoms with E-state index in [0.717, 1.165) is 31.2 Å². The van der Waals surface area contributed by atoms with E-state index in [2.05, 4.69) is 13.5 Å². The highest BCUT2D eigenvalue weighted by molar-refractivity contribution is 5.97. The smallest absolute Gasteiger partial charge is 0.188 e. The van der Waals surface area contributed by atoms with Gasteiger partial charge in [0.1, 0.15) is 6.61 Å². The van der Waals surface area contributed by atoms with E-state index in [1.807, 2.05) is 30.3 Å². The number of carbonyl (C=O) groups is 1. The van der Waals surface area contributed by atoms with Gasteiger partial charge in [0.2, 0.25) is 0 Å². The molecule has 0 aliphatic heterocycles. The van der Waals surface area contributed by atoms with Gasteiger partial charge in [-0.2, -0.15) is 0 Å². The van der Waals surface area contributed by atoms with Gasteiger partial charge < -0.3 is 4.74 Å². The molecular weight excluding hydrogens is 224 g/mol. The van der Waals surface area contributed by atoms with Crippen LogP contribution in [0.25, 0.3) is 0 Å². The first-order chi connectivity index (χ1) is 8.77. The van der Waals surface area contributed by atoms with Gasteiger partial charge in [-0.3, -0.25) is 4.79 Å². The maximum Gasteiger partial charge on any atom is 0.188 e. The van der Waals surface area contributed by atoms with E-state index in [0.29, 0.717) is 6.61 Å². The highest BCUT2D eigenvalue weighted by Gasteiger charge is 2.05. The van der Waals surface area contributed by atoms with Crippen LogP contribution in [0, 0.1) is 0 Å². The summed E-state index contributed by atoms with van der Waals surface area (Å²) in [6.45, 7) is 6.58. The Hall–Kier alpha value is -1.41. The Kier molecular flexibility index (Phi) is 7.04. The van der Waals surface area contributed by atoms with Crippen molar-refractivity contribution in [2.24, 2.45) is 0 Å². The number of hydrogen-bond acceptors (Lipinski definition) is 2. The predicted molar refractivity (Wildman–Crippen MR) is 75.0 cm³/mol. The van der Waals surface area contributed by atoms with Crippen LogP contribution in [-0.4, -0.2) is 19.0 Å². The Labute approximate surface area is 110 Å². The largest absolute Gasteiger partial charge is 0.373 e. The molecule has 2 nitrogen and oxygen atoms in total. The molecule has 2 heteroatoms. The number of carbonyl (C=O) groups excluding carboxylic acids is 1. The Morgan fingerprint density at radius 3 is 2.67 bits per heavy atom.